The highest BCUT2D eigenvalue weighted by Crippen LogP contribution is 2.25. The van der Waals surface area contributed by atoms with Crippen molar-refractivity contribution in [2.45, 2.75) is 50.6 Å². The average molecular weight is 480 g/mol. The summed E-state index contributed by atoms with van der Waals surface area (Å²) < 4.78 is 5.34. The Morgan fingerprint density at radius 1 is 1.30 bits per heavy atom. The lowest BCUT2D eigenvalue weighted by Crippen LogP contribution is -2.47. The van der Waals surface area contributed by atoms with E-state index < -0.39 is 0 Å². The minimum Gasteiger partial charge on any atom is -0.341 e. The Hall–Kier alpha value is -2.60. The molecule has 1 amide bonds. The van der Waals surface area contributed by atoms with Crippen LogP contribution in [0.3, 0.4) is 0 Å². The second-order valence-electron chi connectivity index (χ2n) is 8.54. The van der Waals surface area contributed by atoms with Crippen LogP contribution in [0.25, 0.3) is 11.3 Å². The number of thiazole rings is 1. The van der Waals surface area contributed by atoms with E-state index in [0.717, 1.165) is 47.1 Å². The number of aryl methyl sites for hydroxylation is 2. The fourth-order valence-electron chi connectivity index (χ4n) is 3.99. The van der Waals surface area contributed by atoms with Gasteiger partial charge in [0.1, 0.15) is 11.8 Å². The Morgan fingerprint density at radius 3 is 2.73 bits per heavy atom. The van der Waals surface area contributed by atoms with Gasteiger partial charge in [-0.25, -0.2) is 9.71 Å². The summed E-state index contributed by atoms with van der Waals surface area (Å²) >= 11 is 3.14. The number of carbonyl (C=O) groups excluding carboxylic acids is 1. The molecule has 1 unspecified atom stereocenters. The van der Waals surface area contributed by atoms with Crippen LogP contribution < -0.4 is 4.72 Å². The highest BCUT2D eigenvalue weighted by molar-refractivity contribution is 7.97. The molecule has 8 heteroatoms. The predicted molar refractivity (Wildman–Crippen MR) is 134 cm³/mol. The van der Waals surface area contributed by atoms with Gasteiger partial charge in [-0.2, -0.15) is 5.26 Å². The molecule has 0 aliphatic carbocycles. The van der Waals surface area contributed by atoms with E-state index in [0.29, 0.717) is 24.6 Å². The second-order valence-corrected chi connectivity index (χ2v) is 10.5. The second kappa shape index (κ2) is 11.0. The van der Waals surface area contributed by atoms with Crippen LogP contribution >= 0.6 is 23.3 Å². The summed E-state index contributed by atoms with van der Waals surface area (Å²) in [6.07, 6.45) is 4.63. The maximum Gasteiger partial charge on any atom is 0.240 e. The number of aromatic nitrogens is 2. The lowest BCUT2D eigenvalue weighted by Gasteiger charge is -2.33. The lowest BCUT2D eigenvalue weighted by atomic mass is 9.98. The fourth-order valence-corrected chi connectivity index (χ4v) is 5.38. The number of likely N-dealkylation sites (tertiary alicyclic amines) is 1. The van der Waals surface area contributed by atoms with Gasteiger partial charge in [-0.05, 0) is 68.3 Å². The normalized spacial score (nSPS) is 15.4. The summed E-state index contributed by atoms with van der Waals surface area (Å²) in [6, 6.07) is 13.8. The van der Waals surface area contributed by atoms with Gasteiger partial charge < -0.3 is 9.47 Å². The molecule has 1 atom stereocenters. The van der Waals surface area contributed by atoms with Gasteiger partial charge in [0, 0.05) is 41.7 Å². The first kappa shape index (κ1) is 23.6. The van der Waals surface area contributed by atoms with Crippen molar-refractivity contribution in [1.29, 1.82) is 5.26 Å². The summed E-state index contributed by atoms with van der Waals surface area (Å²) in [6.45, 7) is 6.51. The smallest absolute Gasteiger partial charge is 0.240 e. The van der Waals surface area contributed by atoms with Crippen LogP contribution in [0.4, 0.5) is 0 Å². The average Bonchev–Trinajstić information content (AvgIpc) is 3.48. The SMILES string of the molecule is Cc1nc(-c2ccc(SNC(CCn3cccc3C#N)C(=O)N3CCC(C)CC3)cc2)cs1. The van der Waals surface area contributed by atoms with Gasteiger partial charge in [0.05, 0.1) is 16.7 Å². The molecule has 0 spiro atoms. The van der Waals surface area contributed by atoms with Crippen LogP contribution in [0, 0.1) is 24.2 Å². The Labute approximate surface area is 203 Å². The maximum atomic E-state index is 13.4. The molecular formula is C25H29N5OS2. The molecule has 1 aliphatic rings. The molecule has 0 radical (unpaired) electrons. The number of rotatable bonds is 8. The third-order valence-corrected chi connectivity index (χ3v) is 7.77. The molecule has 1 fully saturated rings. The molecule has 4 rings (SSSR count). The van der Waals surface area contributed by atoms with Gasteiger partial charge in [0.25, 0.3) is 0 Å². The van der Waals surface area contributed by atoms with Crippen LogP contribution in [0.1, 0.15) is 36.9 Å². The molecule has 3 aromatic rings. The van der Waals surface area contributed by atoms with Crippen molar-refractivity contribution < 1.29 is 4.79 Å². The Morgan fingerprint density at radius 2 is 2.06 bits per heavy atom. The van der Waals surface area contributed by atoms with E-state index in [9.17, 15) is 10.1 Å². The van der Waals surface area contributed by atoms with Crippen molar-refractivity contribution in [3.63, 3.8) is 0 Å². The quantitative estimate of drug-likeness (QED) is 0.455. The number of amides is 1. The van der Waals surface area contributed by atoms with Gasteiger partial charge in [-0.3, -0.25) is 4.79 Å². The standard InChI is InChI=1S/C25H29N5OS2/c1-18-9-13-30(14-10-18)25(31)23(11-15-29-12-3-4-21(29)16-26)28-33-22-7-5-20(6-8-22)24-17-32-19(2)27-24/h3-8,12,17-18,23,28H,9-11,13-15H2,1-2H3. The number of hydrogen-bond acceptors (Lipinski definition) is 6. The van der Waals surface area contributed by atoms with E-state index in [-0.39, 0.29) is 11.9 Å². The molecule has 2 aromatic heterocycles. The Balaban J connectivity index is 1.42. The van der Waals surface area contributed by atoms with Crippen molar-refractivity contribution in [3.8, 4) is 17.3 Å². The fraction of sp³-hybridized carbons (Fsp3) is 0.400. The number of hydrogen-bond donors (Lipinski definition) is 1. The van der Waals surface area contributed by atoms with Gasteiger partial charge in [-0.15, -0.1) is 11.3 Å². The van der Waals surface area contributed by atoms with Crippen LogP contribution in [0.15, 0.2) is 52.9 Å². The highest BCUT2D eigenvalue weighted by atomic mass is 32.2. The highest BCUT2D eigenvalue weighted by Gasteiger charge is 2.27. The molecular weight excluding hydrogens is 450 g/mol. The van der Waals surface area contributed by atoms with Crippen LogP contribution in [0.2, 0.25) is 0 Å². The predicted octanol–water partition coefficient (Wildman–Crippen LogP) is 5.11. The van der Waals surface area contributed by atoms with Crippen molar-refractivity contribution in [3.05, 3.63) is 58.7 Å². The summed E-state index contributed by atoms with van der Waals surface area (Å²) in [5.74, 6) is 0.822. The lowest BCUT2D eigenvalue weighted by molar-refractivity contribution is -0.134. The van der Waals surface area contributed by atoms with E-state index in [4.69, 9.17) is 0 Å². The zero-order valence-corrected chi connectivity index (χ0v) is 20.7. The molecule has 1 saturated heterocycles. The zero-order chi connectivity index (χ0) is 23.2. The first-order valence-corrected chi connectivity index (χ1v) is 13.0. The zero-order valence-electron chi connectivity index (χ0n) is 19.0. The summed E-state index contributed by atoms with van der Waals surface area (Å²) in [5, 5.41) is 12.4. The number of nitriles is 1. The van der Waals surface area contributed by atoms with Gasteiger partial charge in [0.2, 0.25) is 5.91 Å². The van der Waals surface area contributed by atoms with Crippen molar-refractivity contribution >= 4 is 29.2 Å². The van der Waals surface area contributed by atoms with Crippen molar-refractivity contribution in [2.24, 2.45) is 5.92 Å². The molecule has 172 valence electrons. The topological polar surface area (TPSA) is 74.0 Å². The van der Waals surface area contributed by atoms with Crippen LogP contribution in [-0.2, 0) is 11.3 Å². The van der Waals surface area contributed by atoms with E-state index in [2.05, 4.69) is 52.3 Å². The molecule has 6 nitrogen and oxygen atoms in total. The van der Waals surface area contributed by atoms with Crippen molar-refractivity contribution in [1.82, 2.24) is 19.2 Å². The molecule has 1 aliphatic heterocycles. The van der Waals surface area contributed by atoms with Crippen molar-refractivity contribution in [2.75, 3.05) is 13.1 Å². The van der Waals surface area contributed by atoms with Crippen LogP contribution in [-0.4, -0.2) is 39.5 Å². The largest absolute Gasteiger partial charge is 0.341 e. The Bertz CT molecular complexity index is 1110. The first-order valence-electron chi connectivity index (χ1n) is 11.3. The first-order chi connectivity index (χ1) is 16.0. The Kier molecular flexibility index (Phi) is 7.86. The number of piperidine rings is 1. The van der Waals surface area contributed by atoms with Gasteiger partial charge >= 0.3 is 0 Å². The molecule has 3 heterocycles. The monoisotopic (exact) mass is 479 g/mol. The van der Waals surface area contributed by atoms with E-state index in [1.807, 2.05) is 28.7 Å². The number of carbonyl (C=O) groups is 1. The molecule has 1 aromatic carbocycles. The maximum absolute atomic E-state index is 13.4. The number of benzene rings is 1. The summed E-state index contributed by atoms with van der Waals surface area (Å²) in [7, 11) is 0. The minimum absolute atomic E-state index is 0.148. The van der Waals surface area contributed by atoms with Crippen LogP contribution in [0.5, 0.6) is 0 Å². The third-order valence-electron chi connectivity index (χ3n) is 6.08. The molecule has 0 bridgehead atoms. The number of nitrogens with one attached hydrogen (secondary N) is 1. The minimum atomic E-state index is -0.321. The molecule has 1 N–H and O–H groups in total. The molecule has 0 saturated carbocycles. The number of nitrogens with zero attached hydrogens (tertiary/aromatic N) is 4. The van der Waals surface area contributed by atoms with E-state index in [1.165, 1.54) is 11.9 Å². The molecule has 33 heavy (non-hydrogen) atoms. The summed E-state index contributed by atoms with van der Waals surface area (Å²) in [4.78, 5) is 20.9. The van der Waals surface area contributed by atoms with Gasteiger partial charge in [-0.1, -0.05) is 19.1 Å². The summed E-state index contributed by atoms with van der Waals surface area (Å²) in [5.41, 5.74) is 2.71. The third kappa shape index (κ3) is 6.05. The van der Waals surface area contributed by atoms with E-state index in [1.54, 1.807) is 17.4 Å². The van der Waals surface area contributed by atoms with E-state index >= 15 is 0 Å². The van der Waals surface area contributed by atoms with Gasteiger partial charge in [0.15, 0.2) is 0 Å².